The second-order valence-corrected chi connectivity index (χ2v) is 4.10. The molecule has 0 unspecified atom stereocenters. The van der Waals surface area contributed by atoms with Crippen LogP contribution in [0.15, 0.2) is 18.2 Å². The topological polar surface area (TPSA) is 62.1 Å². The zero-order chi connectivity index (χ0) is 13.4. The molecule has 18 heavy (non-hydrogen) atoms. The molecule has 0 heterocycles. The van der Waals surface area contributed by atoms with E-state index in [9.17, 15) is 4.79 Å². The first-order valence-electron chi connectivity index (χ1n) is 5.65. The van der Waals surface area contributed by atoms with Gasteiger partial charge in [-0.3, -0.25) is 4.79 Å². The van der Waals surface area contributed by atoms with E-state index in [0.29, 0.717) is 29.3 Å². The smallest absolute Gasteiger partial charge is 0.224 e. The van der Waals surface area contributed by atoms with E-state index in [1.54, 1.807) is 18.2 Å². The molecular weight excluding hydrogens is 252 g/mol. The molecule has 0 saturated heterocycles. The molecule has 0 bridgehead atoms. The molecule has 1 aromatic rings. The molecule has 1 amide bonds. The van der Waals surface area contributed by atoms with Crippen molar-refractivity contribution in [2.24, 2.45) is 0 Å². The molecule has 1 N–H and O–H groups in total. The molecule has 0 fully saturated rings. The summed E-state index contributed by atoms with van der Waals surface area (Å²) >= 11 is 5.54. The van der Waals surface area contributed by atoms with Crippen LogP contribution in [0.1, 0.15) is 24.8 Å². The van der Waals surface area contributed by atoms with Gasteiger partial charge in [0.15, 0.2) is 0 Å². The van der Waals surface area contributed by atoms with Crippen molar-refractivity contribution in [3.63, 3.8) is 0 Å². The van der Waals surface area contributed by atoms with Crippen molar-refractivity contribution >= 4 is 23.2 Å². The Morgan fingerprint density at radius 1 is 1.50 bits per heavy atom. The quantitative estimate of drug-likeness (QED) is 0.636. The lowest BCUT2D eigenvalue weighted by atomic mass is 10.2. The fourth-order valence-corrected chi connectivity index (χ4v) is 1.65. The van der Waals surface area contributed by atoms with Crippen LogP contribution in [-0.4, -0.2) is 18.9 Å². The van der Waals surface area contributed by atoms with Crippen molar-refractivity contribution in [1.29, 1.82) is 5.26 Å². The van der Waals surface area contributed by atoms with Gasteiger partial charge in [-0.2, -0.15) is 5.26 Å². The van der Waals surface area contributed by atoms with Gasteiger partial charge in [0.25, 0.3) is 0 Å². The number of hydrogen-bond donors (Lipinski definition) is 1. The van der Waals surface area contributed by atoms with Crippen LogP contribution in [0.25, 0.3) is 0 Å². The number of anilines is 1. The predicted octanol–water partition coefficient (Wildman–Crippen LogP) is 2.91. The summed E-state index contributed by atoms with van der Waals surface area (Å²) < 4.78 is 5.13. The van der Waals surface area contributed by atoms with Gasteiger partial charge in [0.2, 0.25) is 5.91 Å². The van der Waals surface area contributed by atoms with Crippen LogP contribution in [-0.2, 0) is 4.79 Å². The zero-order valence-electron chi connectivity index (χ0n) is 10.2. The first-order chi connectivity index (χ1) is 8.71. The minimum absolute atomic E-state index is 0.0804. The molecule has 0 spiro atoms. The number of methoxy groups -OCH3 is 1. The third kappa shape index (κ3) is 4.27. The number of carbonyl (C=O) groups excluding carboxylic acids is 1. The molecule has 1 rings (SSSR count). The van der Waals surface area contributed by atoms with Crippen molar-refractivity contribution in [3.05, 3.63) is 23.8 Å². The third-order valence-corrected chi connectivity index (χ3v) is 2.66. The second-order valence-electron chi connectivity index (χ2n) is 3.72. The Kier molecular flexibility index (Phi) is 6.03. The van der Waals surface area contributed by atoms with Crippen molar-refractivity contribution < 1.29 is 9.53 Å². The highest BCUT2D eigenvalue weighted by Crippen LogP contribution is 2.25. The number of nitriles is 1. The Morgan fingerprint density at radius 3 is 2.89 bits per heavy atom. The molecule has 1 aromatic carbocycles. The van der Waals surface area contributed by atoms with E-state index in [2.05, 4.69) is 5.32 Å². The van der Waals surface area contributed by atoms with Gasteiger partial charge in [-0.1, -0.05) is 0 Å². The SMILES string of the molecule is COc1cc(C#N)ccc1NC(=O)CCCCCl. The van der Waals surface area contributed by atoms with Gasteiger partial charge in [-0.05, 0) is 25.0 Å². The van der Waals surface area contributed by atoms with E-state index in [1.165, 1.54) is 7.11 Å². The van der Waals surface area contributed by atoms with E-state index >= 15 is 0 Å². The second kappa shape index (κ2) is 7.57. The highest BCUT2D eigenvalue weighted by Gasteiger charge is 2.08. The molecule has 0 saturated carbocycles. The monoisotopic (exact) mass is 266 g/mol. The van der Waals surface area contributed by atoms with E-state index < -0.39 is 0 Å². The molecule has 5 heteroatoms. The van der Waals surface area contributed by atoms with Crippen LogP contribution in [0.5, 0.6) is 5.75 Å². The molecular formula is C13H15ClN2O2. The van der Waals surface area contributed by atoms with Crippen LogP contribution >= 0.6 is 11.6 Å². The maximum absolute atomic E-state index is 11.6. The number of rotatable bonds is 6. The van der Waals surface area contributed by atoms with E-state index in [4.69, 9.17) is 21.6 Å². The fraction of sp³-hybridized carbons (Fsp3) is 0.385. The summed E-state index contributed by atoms with van der Waals surface area (Å²) in [4.78, 5) is 11.6. The molecule has 0 aliphatic rings. The van der Waals surface area contributed by atoms with Crippen LogP contribution in [0.4, 0.5) is 5.69 Å². The lowest BCUT2D eigenvalue weighted by Crippen LogP contribution is -2.12. The third-order valence-electron chi connectivity index (χ3n) is 2.39. The Bertz CT molecular complexity index is 455. The number of amides is 1. The summed E-state index contributed by atoms with van der Waals surface area (Å²) in [5.74, 6) is 0.968. The number of ether oxygens (including phenoxy) is 1. The molecule has 0 aromatic heterocycles. The Morgan fingerprint density at radius 2 is 2.28 bits per heavy atom. The van der Waals surface area contributed by atoms with Crippen molar-refractivity contribution in [2.75, 3.05) is 18.3 Å². The lowest BCUT2D eigenvalue weighted by Gasteiger charge is -2.10. The van der Waals surface area contributed by atoms with E-state index in [0.717, 1.165) is 12.8 Å². The minimum atomic E-state index is -0.0804. The highest BCUT2D eigenvalue weighted by atomic mass is 35.5. The van der Waals surface area contributed by atoms with E-state index in [-0.39, 0.29) is 5.91 Å². The molecule has 96 valence electrons. The number of hydrogen-bond acceptors (Lipinski definition) is 3. The summed E-state index contributed by atoms with van der Waals surface area (Å²) in [7, 11) is 1.50. The first-order valence-corrected chi connectivity index (χ1v) is 6.18. The molecule has 4 nitrogen and oxygen atoms in total. The number of benzene rings is 1. The predicted molar refractivity (Wildman–Crippen MR) is 70.9 cm³/mol. The normalized spacial score (nSPS) is 9.61. The Hall–Kier alpha value is -1.73. The summed E-state index contributed by atoms with van der Waals surface area (Å²) in [6.07, 6.45) is 2.00. The first kappa shape index (κ1) is 14.3. The van der Waals surface area contributed by atoms with E-state index in [1.807, 2.05) is 6.07 Å². The van der Waals surface area contributed by atoms with Crippen molar-refractivity contribution in [3.8, 4) is 11.8 Å². The minimum Gasteiger partial charge on any atom is -0.495 e. The number of nitrogens with zero attached hydrogens (tertiary/aromatic N) is 1. The summed E-state index contributed by atoms with van der Waals surface area (Å²) in [6.45, 7) is 0. The van der Waals surface area contributed by atoms with Crippen LogP contribution in [0.3, 0.4) is 0 Å². The van der Waals surface area contributed by atoms with Gasteiger partial charge in [0.05, 0.1) is 24.4 Å². The number of carbonyl (C=O) groups is 1. The fourth-order valence-electron chi connectivity index (χ4n) is 1.46. The van der Waals surface area contributed by atoms with Crippen LogP contribution in [0.2, 0.25) is 0 Å². The number of alkyl halides is 1. The molecule has 0 atom stereocenters. The average molecular weight is 267 g/mol. The Labute approximate surface area is 112 Å². The number of unbranched alkanes of at least 4 members (excludes halogenated alkanes) is 1. The summed E-state index contributed by atoms with van der Waals surface area (Å²) in [5, 5.41) is 11.5. The molecule has 0 radical (unpaired) electrons. The summed E-state index contributed by atoms with van der Waals surface area (Å²) in [6, 6.07) is 6.91. The maximum atomic E-state index is 11.6. The standard InChI is InChI=1S/C13H15ClN2O2/c1-18-12-8-10(9-15)5-6-11(12)16-13(17)4-2-3-7-14/h5-6,8H,2-4,7H2,1H3,(H,16,17). The van der Waals surface area contributed by atoms with Crippen molar-refractivity contribution in [2.45, 2.75) is 19.3 Å². The number of nitrogens with one attached hydrogen (secondary N) is 1. The largest absolute Gasteiger partial charge is 0.495 e. The summed E-state index contributed by atoms with van der Waals surface area (Å²) in [5.41, 5.74) is 1.07. The Balaban J connectivity index is 2.66. The van der Waals surface area contributed by atoms with Crippen LogP contribution in [0, 0.1) is 11.3 Å². The van der Waals surface area contributed by atoms with Gasteiger partial charge in [0.1, 0.15) is 5.75 Å². The average Bonchev–Trinajstić information content (AvgIpc) is 2.39. The lowest BCUT2D eigenvalue weighted by molar-refractivity contribution is -0.116. The molecule has 0 aliphatic carbocycles. The number of halogens is 1. The van der Waals surface area contributed by atoms with Gasteiger partial charge in [0, 0.05) is 18.4 Å². The van der Waals surface area contributed by atoms with Gasteiger partial charge < -0.3 is 10.1 Å². The van der Waals surface area contributed by atoms with Gasteiger partial charge >= 0.3 is 0 Å². The van der Waals surface area contributed by atoms with Gasteiger partial charge in [-0.15, -0.1) is 11.6 Å². The van der Waals surface area contributed by atoms with Crippen molar-refractivity contribution in [1.82, 2.24) is 0 Å². The molecule has 0 aliphatic heterocycles. The maximum Gasteiger partial charge on any atom is 0.224 e. The highest BCUT2D eigenvalue weighted by molar-refractivity contribution is 6.17. The van der Waals surface area contributed by atoms with Gasteiger partial charge in [-0.25, -0.2) is 0 Å². The van der Waals surface area contributed by atoms with Crippen LogP contribution < -0.4 is 10.1 Å². The zero-order valence-corrected chi connectivity index (χ0v) is 11.0.